The summed E-state index contributed by atoms with van der Waals surface area (Å²) in [7, 11) is 0. The summed E-state index contributed by atoms with van der Waals surface area (Å²) < 4.78 is 1.82. The van der Waals surface area contributed by atoms with Crippen molar-refractivity contribution in [3.8, 4) is 5.69 Å². The number of nitrogens with two attached hydrogens (primary N) is 1. The van der Waals surface area contributed by atoms with E-state index >= 15 is 0 Å². The molecule has 1 aromatic carbocycles. The maximum Gasteiger partial charge on any atom is 0.255 e. The molecule has 0 saturated carbocycles. The fraction of sp³-hybridized carbons (Fsp3) is 0. The minimum atomic E-state index is -0.392. The number of rotatable bonds is 6. The second-order valence-electron chi connectivity index (χ2n) is 5.55. The first-order chi connectivity index (χ1) is 13.2. The first kappa shape index (κ1) is 17.8. The van der Waals surface area contributed by atoms with Gasteiger partial charge < -0.3 is 15.6 Å². The predicted octanol–water partition coefficient (Wildman–Crippen LogP) is 2.08. The van der Waals surface area contributed by atoms with Crippen LogP contribution in [0.4, 0.5) is 0 Å². The van der Waals surface area contributed by atoms with E-state index in [4.69, 9.17) is 5.73 Å². The second kappa shape index (κ2) is 8.39. The van der Waals surface area contributed by atoms with Crippen molar-refractivity contribution >= 4 is 17.8 Å². The first-order valence-corrected chi connectivity index (χ1v) is 8.10. The van der Waals surface area contributed by atoms with Crippen LogP contribution in [-0.4, -0.2) is 26.7 Å². The van der Waals surface area contributed by atoms with Crippen LogP contribution < -0.4 is 11.1 Å². The quantitative estimate of drug-likeness (QED) is 0.398. The smallest absolute Gasteiger partial charge is 0.255 e. The molecule has 3 rings (SSSR count). The summed E-state index contributed by atoms with van der Waals surface area (Å²) in [6, 6.07) is 10.5. The normalized spacial score (nSPS) is 11.9. The monoisotopic (exact) mass is 359 g/mol. The molecule has 7 heteroatoms. The number of amides is 1. The number of nitrogens with one attached hydrogen (secondary N) is 1. The Labute approximate surface area is 155 Å². The van der Waals surface area contributed by atoms with Crippen LogP contribution in [0.25, 0.3) is 11.3 Å². The van der Waals surface area contributed by atoms with E-state index in [1.54, 1.807) is 61.3 Å². The predicted molar refractivity (Wildman–Crippen MR) is 102 cm³/mol. The maximum atomic E-state index is 12.4. The van der Waals surface area contributed by atoms with Crippen LogP contribution in [0.1, 0.15) is 15.9 Å². The largest absolute Gasteiger partial charge is 0.404 e. The van der Waals surface area contributed by atoms with Gasteiger partial charge in [-0.05, 0) is 53.6 Å². The van der Waals surface area contributed by atoms with E-state index in [1.165, 1.54) is 12.3 Å². The zero-order chi connectivity index (χ0) is 19.1. The molecule has 0 saturated heterocycles. The lowest BCUT2D eigenvalue weighted by Gasteiger charge is -2.08. The third-order valence-corrected chi connectivity index (χ3v) is 3.82. The minimum absolute atomic E-state index is 0.104. The number of benzene rings is 1. The number of aldehydes is 1. The van der Waals surface area contributed by atoms with Gasteiger partial charge in [-0.1, -0.05) is 0 Å². The molecule has 0 aliphatic rings. The molecule has 0 aliphatic heterocycles. The average Bonchev–Trinajstić information content (AvgIpc) is 3.26. The molecule has 0 bridgehead atoms. The van der Waals surface area contributed by atoms with Gasteiger partial charge in [-0.2, -0.15) is 0 Å². The Balaban J connectivity index is 1.76. The van der Waals surface area contributed by atoms with Crippen LogP contribution in [0.5, 0.6) is 0 Å². The fourth-order valence-corrected chi connectivity index (χ4v) is 2.44. The molecule has 0 aliphatic carbocycles. The molecule has 2 aromatic heterocycles. The number of pyridine rings is 1. The van der Waals surface area contributed by atoms with E-state index in [9.17, 15) is 9.59 Å². The van der Waals surface area contributed by atoms with Gasteiger partial charge in [0.15, 0.2) is 6.29 Å². The van der Waals surface area contributed by atoms with Crippen LogP contribution in [-0.2, 0) is 4.79 Å². The topological polar surface area (TPSA) is 103 Å². The molecule has 0 radical (unpaired) electrons. The molecular weight excluding hydrogens is 342 g/mol. The molecule has 0 spiro atoms. The van der Waals surface area contributed by atoms with Crippen LogP contribution in [0.3, 0.4) is 0 Å². The molecule has 3 aromatic rings. The number of allylic oxidation sites excluding steroid dienone is 3. The van der Waals surface area contributed by atoms with E-state index in [1.807, 2.05) is 10.8 Å². The maximum absolute atomic E-state index is 12.4. The van der Waals surface area contributed by atoms with Gasteiger partial charge >= 0.3 is 0 Å². The Morgan fingerprint density at radius 3 is 2.33 bits per heavy atom. The summed E-state index contributed by atoms with van der Waals surface area (Å²) in [5.41, 5.74) is 8.43. The van der Waals surface area contributed by atoms with Gasteiger partial charge in [0.05, 0.1) is 12.0 Å². The highest BCUT2D eigenvalue weighted by atomic mass is 16.2. The van der Waals surface area contributed by atoms with Gasteiger partial charge in [0.25, 0.3) is 5.91 Å². The highest BCUT2D eigenvalue weighted by Crippen LogP contribution is 2.15. The van der Waals surface area contributed by atoms with Crippen molar-refractivity contribution < 1.29 is 9.59 Å². The summed E-state index contributed by atoms with van der Waals surface area (Å²) in [6.45, 7) is 0. The Kier molecular flexibility index (Phi) is 5.54. The average molecular weight is 359 g/mol. The van der Waals surface area contributed by atoms with Crippen molar-refractivity contribution in [2.75, 3.05) is 0 Å². The lowest BCUT2D eigenvalue weighted by Crippen LogP contribution is -2.23. The van der Waals surface area contributed by atoms with Crippen molar-refractivity contribution in [1.82, 2.24) is 19.9 Å². The summed E-state index contributed by atoms with van der Waals surface area (Å²) in [6.07, 6.45) is 11.8. The highest BCUT2D eigenvalue weighted by Gasteiger charge is 2.09. The molecule has 3 N–H and O–H groups in total. The van der Waals surface area contributed by atoms with Gasteiger partial charge in [-0.25, -0.2) is 4.98 Å². The van der Waals surface area contributed by atoms with E-state index in [-0.39, 0.29) is 5.70 Å². The number of aromatic nitrogens is 3. The van der Waals surface area contributed by atoms with Gasteiger partial charge in [-0.3, -0.25) is 14.6 Å². The van der Waals surface area contributed by atoms with Gasteiger partial charge in [-0.15, -0.1) is 0 Å². The molecule has 1 amide bonds. The van der Waals surface area contributed by atoms with E-state index in [0.29, 0.717) is 17.4 Å². The van der Waals surface area contributed by atoms with Crippen molar-refractivity contribution in [1.29, 1.82) is 0 Å². The molecule has 0 unspecified atom stereocenters. The number of hydrogen-bond acceptors (Lipinski definition) is 5. The van der Waals surface area contributed by atoms with Gasteiger partial charge in [0.1, 0.15) is 0 Å². The number of hydrogen-bond donors (Lipinski definition) is 2. The molecule has 134 valence electrons. The van der Waals surface area contributed by atoms with E-state index in [0.717, 1.165) is 11.3 Å². The Morgan fingerprint density at radius 1 is 1.00 bits per heavy atom. The Bertz CT molecular complexity index is 975. The van der Waals surface area contributed by atoms with Crippen LogP contribution in [0.15, 0.2) is 85.5 Å². The number of imidazole rings is 1. The summed E-state index contributed by atoms with van der Waals surface area (Å²) in [4.78, 5) is 31.7. The number of carbonyl (C=O) groups is 2. The Hall–Kier alpha value is -4.00. The van der Waals surface area contributed by atoms with Gasteiger partial charge in [0.2, 0.25) is 0 Å². The van der Waals surface area contributed by atoms with Crippen LogP contribution in [0, 0.1) is 0 Å². The lowest BCUT2D eigenvalue weighted by atomic mass is 10.1. The molecule has 2 heterocycles. The summed E-state index contributed by atoms with van der Waals surface area (Å²) in [5.74, 6) is -0.392. The molecule has 27 heavy (non-hydrogen) atoms. The van der Waals surface area contributed by atoms with Crippen molar-refractivity contribution in [3.05, 3.63) is 96.6 Å². The highest BCUT2D eigenvalue weighted by molar-refractivity contribution is 5.99. The molecule has 0 fully saturated rings. The van der Waals surface area contributed by atoms with Crippen molar-refractivity contribution in [2.45, 2.75) is 0 Å². The summed E-state index contributed by atoms with van der Waals surface area (Å²) >= 11 is 0. The summed E-state index contributed by atoms with van der Waals surface area (Å²) in [5, 5.41) is 2.59. The molecule has 0 atom stereocenters. The third-order valence-electron chi connectivity index (χ3n) is 3.82. The van der Waals surface area contributed by atoms with Crippen LogP contribution >= 0.6 is 0 Å². The third kappa shape index (κ3) is 4.35. The van der Waals surface area contributed by atoms with Crippen molar-refractivity contribution in [3.63, 3.8) is 0 Å². The number of nitrogens with zero attached hydrogens (tertiary/aromatic N) is 3. The first-order valence-electron chi connectivity index (χ1n) is 8.10. The molecular formula is C20H17N5O2. The second-order valence-corrected chi connectivity index (χ2v) is 5.55. The van der Waals surface area contributed by atoms with E-state index in [2.05, 4.69) is 15.3 Å². The van der Waals surface area contributed by atoms with Gasteiger partial charge in [0, 0.05) is 42.2 Å². The SMILES string of the molecule is N/C=C(\C=C(/C=O)NC(=O)c1ccc(-n2ccnc2)cc1)c1ccncc1. The molecule has 7 nitrogen and oxygen atoms in total. The Morgan fingerprint density at radius 2 is 1.74 bits per heavy atom. The van der Waals surface area contributed by atoms with Crippen LogP contribution in [0.2, 0.25) is 0 Å². The zero-order valence-corrected chi connectivity index (χ0v) is 14.3. The number of carbonyl (C=O) groups excluding carboxylic acids is 2. The van der Waals surface area contributed by atoms with E-state index < -0.39 is 5.91 Å². The fourth-order valence-electron chi connectivity index (χ4n) is 2.44. The standard InChI is InChI=1S/C20H17N5O2/c21-12-17(15-5-7-22-8-6-15)11-18(13-26)24-20(27)16-1-3-19(4-2-16)25-10-9-23-14-25/h1-14H,21H2,(H,24,27)/b17-12+,18-11+. The van der Waals surface area contributed by atoms with Crippen molar-refractivity contribution in [2.24, 2.45) is 5.73 Å². The minimum Gasteiger partial charge on any atom is -0.404 e. The zero-order valence-electron chi connectivity index (χ0n) is 14.3. The lowest BCUT2D eigenvalue weighted by molar-refractivity contribution is -0.105.